The van der Waals surface area contributed by atoms with Crippen molar-refractivity contribution in [3.05, 3.63) is 42.0 Å². The number of halogens is 2. The molecule has 2 aliphatic heterocycles. The monoisotopic (exact) mass is 439 g/mol. The number of nitrogens with zero attached hydrogens (tertiary/aromatic N) is 2. The summed E-state index contributed by atoms with van der Waals surface area (Å²) < 4.78 is 63.4. The minimum Gasteiger partial charge on any atom is -0.395 e. The first-order valence-corrected chi connectivity index (χ1v) is 11.1. The molecule has 1 saturated heterocycles. The van der Waals surface area contributed by atoms with Gasteiger partial charge >= 0.3 is 6.29 Å². The van der Waals surface area contributed by atoms with E-state index in [4.69, 9.17) is 0 Å². The number of rotatable bonds is 4. The number of sulfonamides is 1. The average Bonchev–Trinajstić information content (AvgIpc) is 2.85. The zero-order chi connectivity index (χ0) is 21.5. The van der Waals surface area contributed by atoms with Crippen molar-refractivity contribution in [1.29, 1.82) is 0 Å². The van der Waals surface area contributed by atoms with Gasteiger partial charge in [-0.1, -0.05) is 12.1 Å². The van der Waals surface area contributed by atoms with Crippen LogP contribution in [0.25, 0.3) is 0 Å². The SMILES string of the molecule is Cc1ccc(N(C)S(=O)(=O)c2cccc3c2OC(F)(F)O3)cc1N1CCCNCC1. The molecule has 2 aromatic carbocycles. The van der Waals surface area contributed by atoms with Crippen LogP contribution in [-0.2, 0) is 10.0 Å². The van der Waals surface area contributed by atoms with E-state index in [1.807, 2.05) is 19.1 Å². The summed E-state index contributed by atoms with van der Waals surface area (Å²) in [7, 11) is -2.78. The van der Waals surface area contributed by atoms with E-state index in [0.29, 0.717) is 5.69 Å². The summed E-state index contributed by atoms with van der Waals surface area (Å²) in [6, 6.07) is 9.18. The average molecular weight is 439 g/mol. The fourth-order valence-electron chi connectivity index (χ4n) is 3.65. The Morgan fingerprint density at radius 3 is 2.73 bits per heavy atom. The van der Waals surface area contributed by atoms with Gasteiger partial charge in [0.25, 0.3) is 10.0 Å². The van der Waals surface area contributed by atoms with Gasteiger partial charge in [-0.2, -0.15) is 0 Å². The number of para-hydroxylation sites is 1. The predicted molar refractivity (Wildman–Crippen MR) is 109 cm³/mol. The third kappa shape index (κ3) is 3.77. The van der Waals surface area contributed by atoms with Gasteiger partial charge in [0.05, 0.1) is 5.69 Å². The normalized spacial score (nSPS) is 18.2. The summed E-state index contributed by atoms with van der Waals surface area (Å²) in [6.45, 7) is 5.44. The van der Waals surface area contributed by atoms with Crippen molar-refractivity contribution in [3.8, 4) is 11.5 Å². The van der Waals surface area contributed by atoms with Gasteiger partial charge in [-0.3, -0.25) is 4.31 Å². The van der Waals surface area contributed by atoms with Crippen LogP contribution in [0.5, 0.6) is 11.5 Å². The first kappa shape index (κ1) is 20.7. The molecule has 0 aliphatic carbocycles. The summed E-state index contributed by atoms with van der Waals surface area (Å²) >= 11 is 0. The van der Waals surface area contributed by atoms with Gasteiger partial charge in [0.2, 0.25) is 0 Å². The van der Waals surface area contributed by atoms with E-state index in [2.05, 4.69) is 19.7 Å². The van der Waals surface area contributed by atoms with Gasteiger partial charge in [-0.05, 0) is 49.7 Å². The highest BCUT2D eigenvalue weighted by molar-refractivity contribution is 7.93. The molecule has 0 bridgehead atoms. The molecule has 0 unspecified atom stereocenters. The van der Waals surface area contributed by atoms with Gasteiger partial charge in [-0.25, -0.2) is 8.42 Å². The molecule has 2 aliphatic rings. The number of aryl methyl sites for hydroxylation is 1. The summed E-state index contributed by atoms with van der Waals surface area (Å²) in [5, 5.41) is 3.35. The van der Waals surface area contributed by atoms with E-state index in [-0.39, 0.29) is 10.6 Å². The Morgan fingerprint density at radius 1 is 1.13 bits per heavy atom. The molecular formula is C20H23F2N3O4S. The molecule has 30 heavy (non-hydrogen) atoms. The van der Waals surface area contributed by atoms with Crippen molar-refractivity contribution in [1.82, 2.24) is 5.32 Å². The first-order valence-electron chi connectivity index (χ1n) is 9.63. The quantitative estimate of drug-likeness (QED) is 0.790. The smallest absolute Gasteiger partial charge is 0.395 e. The molecule has 0 aromatic heterocycles. The zero-order valence-corrected chi connectivity index (χ0v) is 17.5. The minimum absolute atomic E-state index is 0.309. The molecule has 1 N–H and O–H groups in total. The number of ether oxygens (including phenoxy) is 2. The van der Waals surface area contributed by atoms with Crippen LogP contribution in [0, 0.1) is 6.92 Å². The molecule has 0 spiro atoms. The highest BCUT2D eigenvalue weighted by Gasteiger charge is 2.46. The Bertz CT molecular complexity index is 1050. The van der Waals surface area contributed by atoms with E-state index >= 15 is 0 Å². The summed E-state index contributed by atoms with van der Waals surface area (Å²) in [5.74, 6) is -0.795. The molecule has 2 heterocycles. The summed E-state index contributed by atoms with van der Waals surface area (Å²) in [6.07, 6.45) is -2.91. The van der Waals surface area contributed by atoms with Gasteiger partial charge in [0.15, 0.2) is 11.5 Å². The molecule has 0 amide bonds. The van der Waals surface area contributed by atoms with Gasteiger partial charge in [0, 0.05) is 32.4 Å². The lowest BCUT2D eigenvalue weighted by Gasteiger charge is -2.27. The number of hydrogen-bond donors (Lipinski definition) is 1. The van der Waals surface area contributed by atoms with Crippen molar-refractivity contribution >= 4 is 21.4 Å². The third-order valence-corrected chi connectivity index (χ3v) is 7.08. The number of benzene rings is 2. The van der Waals surface area contributed by atoms with Crippen LogP contribution in [-0.4, -0.2) is 47.9 Å². The highest BCUT2D eigenvalue weighted by Crippen LogP contribution is 2.46. The maximum absolute atomic E-state index is 13.5. The number of fused-ring (bicyclic) bond motifs is 1. The number of nitrogens with one attached hydrogen (secondary N) is 1. The number of anilines is 2. The molecule has 162 valence electrons. The minimum atomic E-state index is -4.17. The maximum Gasteiger partial charge on any atom is 0.586 e. The topological polar surface area (TPSA) is 71.1 Å². The Balaban J connectivity index is 1.69. The summed E-state index contributed by atoms with van der Waals surface area (Å²) in [5.41, 5.74) is 2.40. The molecule has 2 aromatic rings. The van der Waals surface area contributed by atoms with E-state index in [9.17, 15) is 17.2 Å². The largest absolute Gasteiger partial charge is 0.586 e. The molecule has 0 radical (unpaired) electrons. The lowest BCUT2D eigenvalue weighted by atomic mass is 10.1. The van der Waals surface area contributed by atoms with Crippen LogP contribution in [0.3, 0.4) is 0 Å². The predicted octanol–water partition coefficient (Wildman–Crippen LogP) is 2.94. The molecule has 4 rings (SSSR count). The Kier molecular flexibility index (Phi) is 5.23. The third-order valence-electron chi connectivity index (χ3n) is 5.27. The van der Waals surface area contributed by atoms with Crippen molar-refractivity contribution in [2.24, 2.45) is 0 Å². The Hall–Kier alpha value is -2.59. The van der Waals surface area contributed by atoms with E-state index < -0.39 is 22.1 Å². The zero-order valence-electron chi connectivity index (χ0n) is 16.7. The van der Waals surface area contributed by atoms with E-state index in [1.54, 1.807) is 6.07 Å². The lowest BCUT2D eigenvalue weighted by molar-refractivity contribution is -0.287. The molecule has 7 nitrogen and oxygen atoms in total. The fraction of sp³-hybridized carbons (Fsp3) is 0.400. The van der Waals surface area contributed by atoms with Crippen LogP contribution < -0.4 is 24.0 Å². The van der Waals surface area contributed by atoms with Gasteiger partial charge < -0.3 is 19.7 Å². The van der Waals surface area contributed by atoms with Crippen molar-refractivity contribution in [2.75, 3.05) is 42.4 Å². The van der Waals surface area contributed by atoms with Crippen molar-refractivity contribution < 1.29 is 26.7 Å². The highest BCUT2D eigenvalue weighted by atomic mass is 32.2. The van der Waals surface area contributed by atoms with Crippen LogP contribution in [0.2, 0.25) is 0 Å². The first-order chi connectivity index (χ1) is 14.2. The van der Waals surface area contributed by atoms with Crippen molar-refractivity contribution in [2.45, 2.75) is 24.5 Å². The second-order valence-electron chi connectivity index (χ2n) is 7.28. The Labute approximate surface area is 174 Å². The van der Waals surface area contributed by atoms with E-state index in [0.717, 1.165) is 48.2 Å². The molecule has 0 atom stereocenters. The molecular weight excluding hydrogens is 416 g/mol. The van der Waals surface area contributed by atoms with Crippen LogP contribution in [0.15, 0.2) is 41.3 Å². The second-order valence-corrected chi connectivity index (χ2v) is 9.22. The van der Waals surface area contributed by atoms with Crippen LogP contribution in [0.1, 0.15) is 12.0 Å². The number of alkyl halides is 2. The lowest BCUT2D eigenvalue weighted by Crippen LogP contribution is -2.30. The Morgan fingerprint density at radius 2 is 1.93 bits per heavy atom. The molecule has 0 saturated carbocycles. The summed E-state index contributed by atoms with van der Waals surface area (Å²) in [4.78, 5) is 1.84. The molecule has 1 fully saturated rings. The van der Waals surface area contributed by atoms with Gasteiger partial charge in [-0.15, -0.1) is 8.78 Å². The molecule has 10 heteroatoms. The standard InChI is InChI=1S/C20H23F2N3O4S/c1-14-7-8-15(13-16(14)25-11-4-9-23-10-12-25)24(2)30(26,27)18-6-3-5-17-19(18)29-20(21,22)28-17/h3,5-8,13,23H,4,9-12H2,1-2H3. The fourth-order valence-corrected chi connectivity index (χ4v) is 4.97. The van der Waals surface area contributed by atoms with E-state index in [1.165, 1.54) is 25.2 Å². The van der Waals surface area contributed by atoms with Crippen LogP contribution >= 0.6 is 0 Å². The maximum atomic E-state index is 13.5. The van der Waals surface area contributed by atoms with Crippen LogP contribution in [0.4, 0.5) is 20.2 Å². The van der Waals surface area contributed by atoms with Crippen molar-refractivity contribution in [3.63, 3.8) is 0 Å². The number of hydrogen-bond acceptors (Lipinski definition) is 6. The second kappa shape index (κ2) is 7.59. The van der Waals surface area contributed by atoms with Gasteiger partial charge in [0.1, 0.15) is 4.90 Å².